The van der Waals surface area contributed by atoms with Gasteiger partial charge in [0.05, 0.1) is 14.2 Å². The zero-order chi connectivity index (χ0) is 12.7. The lowest BCUT2D eigenvalue weighted by Gasteiger charge is -2.09. The highest BCUT2D eigenvalue weighted by molar-refractivity contribution is 9.11. The number of halogens is 1. The van der Waals surface area contributed by atoms with Crippen molar-refractivity contribution in [3.05, 3.63) is 34.8 Å². The Morgan fingerprint density at radius 1 is 1.29 bits per heavy atom. The summed E-state index contributed by atoms with van der Waals surface area (Å²) < 4.78 is 11.4. The smallest absolute Gasteiger partial charge is 0.160 e. The molecule has 0 saturated heterocycles. The third-order valence-corrected chi connectivity index (χ3v) is 2.64. The third-order valence-electron chi connectivity index (χ3n) is 2.36. The van der Waals surface area contributed by atoms with E-state index in [2.05, 4.69) is 27.8 Å². The fourth-order valence-corrected chi connectivity index (χ4v) is 1.69. The standard InChI is InChI=1S/C13H18BrNO2/c1-10(14)9-15-7-6-11-4-5-12(16-2)13(8-11)17-3/h4-5,8,15H,1,6-7,9H2,2-3H3. The maximum atomic E-state index is 5.25. The van der Waals surface area contributed by atoms with Crippen LogP contribution in [-0.2, 0) is 6.42 Å². The Labute approximate surface area is 111 Å². The second-order valence-corrected chi connectivity index (χ2v) is 4.75. The Morgan fingerprint density at radius 2 is 2.00 bits per heavy atom. The highest BCUT2D eigenvalue weighted by Crippen LogP contribution is 2.27. The molecule has 4 heteroatoms. The average molecular weight is 300 g/mol. The quantitative estimate of drug-likeness (QED) is 0.785. The van der Waals surface area contributed by atoms with Crippen molar-refractivity contribution in [2.75, 3.05) is 27.3 Å². The maximum absolute atomic E-state index is 5.25. The SMILES string of the molecule is C=C(Br)CNCCc1ccc(OC)c(OC)c1. The average Bonchev–Trinajstić information content (AvgIpc) is 2.34. The molecule has 94 valence electrons. The molecular formula is C13H18BrNO2. The van der Waals surface area contributed by atoms with E-state index in [-0.39, 0.29) is 0 Å². The van der Waals surface area contributed by atoms with Gasteiger partial charge in [-0.1, -0.05) is 28.6 Å². The van der Waals surface area contributed by atoms with Crippen molar-refractivity contribution >= 4 is 15.9 Å². The second-order valence-electron chi connectivity index (χ2n) is 3.63. The molecule has 0 aliphatic carbocycles. The van der Waals surface area contributed by atoms with E-state index >= 15 is 0 Å². The molecule has 0 saturated carbocycles. The van der Waals surface area contributed by atoms with E-state index in [0.717, 1.165) is 35.5 Å². The van der Waals surface area contributed by atoms with Crippen molar-refractivity contribution in [1.82, 2.24) is 5.32 Å². The van der Waals surface area contributed by atoms with Crippen LogP contribution in [-0.4, -0.2) is 27.3 Å². The van der Waals surface area contributed by atoms with E-state index < -0.39 is 0 Å². The van der Waals surface area contributed by atoms with E-state index in [9.17, 15) is 0 Å². The van der Waals surface area contributed by atoms with Gasteiger partial charge in [0.1, 0.15) is 0 Å². The summed E-state index contributed by atoms with van der Waals surface area (Å²) in [5, 5.41) is 3.28. The van der Waals surface area contributed by atoms with E-state index in [0.29, 0.717) is 0 Å². The number of hydrogen-bond donors (Lipinski definition) is 1. The van der Waals surface area contributed by atoms with Gasteiger partial charge in [0.2, 0.25) is 0 Å². The summed E-state index contributed by atoms with van der Waals surface area (Å²) in [6.07, 6.45) is 0.945. The minimum Gasteiger partial charge on any atom is -0.493 e. The first-order valence-electron chi connectivity index (χ1n) is 5.42. The lowest BCUT2D eigenvalue weighted by atomic mass is 10.1. The van der Waals surface area contributed by atoms with Crippen LogP contribution in [0.3, 0.4) is 0 Å². The van der Waals surface area contributed by atoms with Crippen molar-refractivity contribution in [1.29, 1.82) is 0 Å². The number of hydrogen-bond acceptors (Lipinski definition) is 3. The number of benzene rings is 1. The molecule has 1 aromatic carbocycles. The molecule has 0 fully saturated rings. The first-order valence-corrected chi connectivity index (χ1v) is 6.21. The number of ether oxygens (including phenoxy) is 2. The largest absolute Gasteiger partial charge is 0.493 e. The summed E-state index contributed by atoms with van der Waals surface area (Å²) in [6.45, 7) is 5.46. The predicted molar refractivity (Wildman–Crippen MR) is 74.2 cm³/mol. The summed E-state index contributed by atoms with van der Waals surface area (Å²) >= 11 is 3.31. The van der Waals surface area contributed by atoms with Crippen LogP contribution in [0.25, 0.3) is 0 Å². The summed E-state index contributed by atoms with van der Waals surface area (Å²) in [5.41, 5.74) is 1.22. The van der Waals surface area contributed by atoms with Gasteiger partial charge >= 0.3 is 0 Å². The zero-order valence-electron chi connectivity index (χ0n) is 10.3. The first-order chi connectivity index (χ1) is 8.17. The summed E-state index contributed by atoms with van der Waals surface area (Å²) in [5.74, 6) is 1.54. The summed E-state index contributed by atoms with van der Waals surface area (Å²) in [7, 11) is 3.29. The Morgan fingerprint density at radius 3 is 2.59 bits per heavy atom. The molecule has 1 N–H and O–H groups in total. The van der Waals surface area contributed by atoms with Gasteiger partial charge in [0.25, 0.3) is 0 Å². The molecule has 0 amide bonds. The van der Waals surface area contributed by atoms with Gasteiger partial charge in [0.15, 0.2) is 11.5 Å². The molecule has 0 radical (unpaired) electrons. The second kappa shape index (κ2) is 7.35. The Hall–Kier alpha value is -1.00. The predicted octanol–water partition coefficient (Wildman–Crippen LogP) is 2.74. The minimum atomic E-state index is 0.762. The Bertz CT molecular complexity index is 380. The van der Waals surface area contributed by atoms with Crippen molar-refractivity contribution < 1.29 is 9.47 Å². The van der Waals surface area contributed by atoms with Gasteiger partial charge in [-0.15, -0.1) is 0 Å². The Kier molecular flexibility index (Phi) is 6.08. The van der Waals surface area contributed by atoms with Gasteiger partial charge in [0, 0.05) is 11.0 Å². The van der Waals surface area contributed by atoms with Crippen LogP contribution in [0, 0.1) is 0 Å². The maximum Gasteiger partial charge on any atom is 0.160 e. The molecule has 0 unspecified atom stereocenters. The highest BCUT2D eigenvalue weighted by atomic mass is 79.9. The number of rotatable bonds is 7. The van der Waals surface area contributed by atoms with Gasteiger partial charge in [-0.25, -0.2) is 0 Å². The van der Waals surface area contributed by atoms with Gasteiger partial charge in [-0.2, -0.15) is 0 Å². The van der Waals surface area contributed by atoms with Gasteiger partial charge in [-0.05, 0) is 30.7 Å². The normalized spacial score (nSPS) is 10.1. The van der Waals surface area contributed by atoms with E-state index in [1.165, 1.54) is 5.56 Å². The summed E-state index contributed by atoms with van der Waals surface area (Å²) in [6, 6.07) is 5.98. The molecule has 3 nitrogen and oxygen atoms in total. The van der Waals surface area contributed by atoms with Crippen LogP contribution in [0.15, 0.2) is 29.3 Å². The van der Waals surface area contributed by atoms with E-state index in [4.69, 9.17) is 9.47 Å². The topological polar surface area (TPSA) is 30.5 Å². The van der Waals surface area contributed by atoms with Crippen LogP contribution < -0.4 is 14.8 Å². The molecule has 0 spiro atoms. The van der Waals surface area contributed by atoms with Crippen LogP contribution in [0.2, 0.25) is 0 Å². The monoisotopic (exact) mass is 299 g/mol. The molecule has 0 heterocycles. The molecule has 0 bridgehead atoms. The number of methoxy groups -OCH3 is 2. The van der Waals surface area contributed by atoms with Crippen molar-refractivity contribution in [2.24, 2.45) is 0 Å². The van der Waals surface area contributed by atoms with Crippen LogP contribution in [0.1, 0.15) is 5.56 Å². The number of nitrogens with one attached hydrogen (secondary N) is 1. The Balaban J connectivity index is 2.51. The molecule has 17 heavy (non-hydrogen) atoms. The molecule has 0 atom stereocenters. The molecule has 0 aromatic heterocycles. The van der Waals surface area contributed by atoms with Crippen LogP contribution in [0.5, 0.6) is 11.5 Å². The molecule has 0 aliphatic rings. The fourth-order valence-electron chi connectivity index (χ4n) is 1.49. The van der Waals surface area contributed by atoms with Crippen molar-refractivity contribution in [2.45, 2.75) is 6.42 Å². The van der Waals surface area contributed by atoms with Gasteiger partial charge < -0.3 is 14.8 Å². The van der Waals surface area contributed by atoms with Crippen LogP contribution >= 0.6 is 15.9 Å². The zero-order valence-corrected chi connectivity index (χ0v) is 11.8. The fraction of sp³-hybridized carbons (Fsp3) is 0.385. The van der Waals surface area contributed by atoms with Crippen molar-refractivity contribution in [3.63, 3.8) is 0 Å². The highest BCUT2D eigenvalue weighted by Gasteiger charge is 2.03. The van der Waals surface area contributed by atoms with E-state index in [1.54, 1.807) is 14.2 Å². The molecule has 0 aliphatic heterocycles. The van der Waals surface area contributed by atoms with Crippen LogP contribution in [0.4, 0.5) is 0 Å². The summed E-state index contributed by atoms with van der Waals surface area (Å²) in [4.78, 5) is 0. The lowest BCUT2D eigenvalue weighted by Crippen LogP contribution is -2.18. The van der Waals surface area contributed by atoms with Crippen molar-refractivity contribution in [3.8, 4) is 11.5 Å². The van der Waals surface area contributed by atoms with Gasteiger partial charge in [-0.3, -0.25) is 0 Å². The van der Waals surface area contributed by atoms with E-state index in [1.807, 2.05) is 18.2 Å². The lowest BCUT2D eigenvalue weighted by molar-refractivity contribution is 0.354. The molecule has 1 aromatic rings. The minimum absolute atomic E-state index is 0.762. The third kappa shape index (κ3) is 4.79. The molecule has 1 rings (SSSR count). The molecular weight excluding hydrogens is 282 g/mol. The first kappa shape index (κ1) is 14.1.